The predicted octanol–water partition coefficient (Wildman–Crippen LogP) is 0.994. The molecule has 0 aromatic heterocycles. The van der Waals surface area contributed by atoms with E-state index in [0.717, 1.165) is 6.67 Å². The lowest BCUT2D eigenvalue weighted by atomic mass is 10.7. The van der Waals surface area contributed by atoms with E-state index in [1.165, 1.54) is 0 Å². The third-order valence-electron chi connectivity index (χ3n) is 1.24. The van der Waals surface area contributed by atoms with E-state index in [2.05, 4.69) is 23.9 Å². The molecule has 0 saturated carbocycles. The van der Waals surface area contributed by atoms with Gasteiger partial charge in [-0.1, -0.05) is 11.8 Å². The molecular formula is C9H10N2. The summed E-state index contributed by atoms with van der Waals surface area (Å²) in [6, 6.07) is 5.84. The molecule has 1 aliphatic rings. The van der Waals surface area contributed by atoms with E-state index < -0.39 is 0 Å². The van der Waals surface area contributed by atoms with Gasteiger partial charge in [0.2, 0.25) is 0 Å². The predicted molar refractivity (Wildman–Crippen MR) is 44.6 cm³/mol. The van der Waals surface area contributed by atoms with Gasteiger partial charge in [0.25, 0.3) is 0 Å². The number of hydrogen-bond donors (Lipinski definition) is 0. The minimum Gasteiger partial charge on any atom is -0.287 e. The van der Waals surface area contributed by atoms with Gasteiger partial charge in [-0.15, -0.1) is 0 Å². The first kappa shape index (κ1) is 7.57. The van der Waals surface area contributed by atoms with Crippen LogP contribution in [-0.2, 0) is 0 Å². The van der Waals surface area contributed by atoms with Crippen molar-refractivity contribution in [3.8, 4) is 23.9 Å². The molecule has 0 spiro atoms. The Morgan fingerprint density at radius 2 is 1.45 bits per heavy atom. The van der Waals surface area contributed by atoms with Crippen LogP contribution in [0.15, 0.2) is 12.4 Å². The molecular weight excluding hydrogens is 136 g/mol. The van der Waals surface area contributed by atoms with E-state index in [1.807, 2.05) is 36.0 Å². The molecule has 1 aliphatic heterocycles. The van der Waals surface area contributed by atoms with Crippen LogP contribution in [0.2, 0.25) is 0 Å². The first-order valence-corrected chi connectivity index (χ1v) is 3.43. The lowest BCUT2D eigenvalue weighted by Crippen LogP contribution is -2.17. The van der Waals surface area contributed by atoms with Crippen LogP contribution in [0, 0.1) is 23.9 Å². The van der Waals surface area contributed by atoms with Crippen LogP contribution in [0.5, 0.6) is 0 Å². The molecule has 0 fully saturated rings. The number of rotatable bonds is 0. The van der Waals surface area contributed by atoms with E-state index >= 15 is 0 Å². The van der Waals surface area contributed by atoms with E-state index in [-0.39, 0.29) is 0 Å². The van der Waals surface area contributed by atoms with Crippen LogP contribution in [0.4, 0.5) is 0 Å². The molecule has 11 heavy (non-hydrogen) atoms. The molecule has 0 aromatic rings. The van der Waals surface area contributed by atoms with Gasteiger partial charge >= 0.3 is 0 Å². The normalized spacial score (nSPS) is 13.6. The summed E-state index contributed by atoms with van der Waals surface area (Å²) in [5, 5.41) is 0. The zero-order chi connectivity index (χ0) is 8.10. The van der Waals surface area contributed by atoms with Gasteiger partial charge in [0.05, 0.1) is 0 Å². The van der Waals surface area contributed by atoms with E-state index in [0.29, 0.717) is 0 Å². The molecule has 0 unspecified atom stereocenters. The Hall–Kier alpha value is -1.54. The molecule has 0 amide bonds. The molecule has 0 atom stereocenters. The lowest BCUT2D eigenvalue weighted by molar-refractivity contribution is 0.421. The zero-order valence-electron chi connectivity index (χ0n) is 6.76. The summed E-state index contributed by atoms with van der Waals surface area (Å²) < 4.78 is 0. The van der Waals surface area contributed by atoms with Crippen LogP contribution in [0.25, 0.3) is 0 Å². The fourth-order valence-corrected chi connectivity index (χ4v) is 0.852. The highest BCUT2D eigenvalue weighted by Gasteiger charge is 2.06. The summed E-state index contributed by atoms with van der Waals surface area (Å²) in [7, 11) is 0. The summed E-state index contributed by atoms with van der Waals surface area (Å²) in [5.41, 5.74) is 0. The summed E-state index contributed by atoms with van der Waals surface area (Å²) >= 11 is 0. The average Bonchev–Trinajstić information content (AvgIpc) is 2.38. The maximum Gasteiger partial charge on any atom is 0.114 e. The maximum absolute atomic E-state index is 2.92. The second kappa shape index (κ2) is 3.58. The van der Waals surface area contributed by atoms with Crippen molar-refractivity contribution in [1.82, 2.24) is 9.80 Å². The van der Waals surface area contributed by atoms with Crippen molar-refractivity contribution in [3.05, 3.63) is 12.4 Å². The van der Waals surface area contributed by atoms with Gasteiger partial charge in [0.15, 0.2) is 0 Å². The Kier molecular flexibility index (Phi) is 2.47. The lowest BCUT2D eigenvalue weighted by Gasteiger charge is -2.08. The highest BCUT2D eigenvalue weighted by Crippen LogP contribution is 2.02. The largest absolute Gasteiger partial charge is 0.287 e. The third-order valence-corrected chi connectivity index (χ3v) is 1.24. The summed E-state index contributed by atoms with van der Waals surface area (Å²) in [4.78, 5) is 3.79. The molecule has 1 heterocycles. The van der Waals surface area contributed by atoms with Crippen molar-refractivity contribution in [2.24, 2.45) is 0 Å². The van der Waals surface area contributed by atoms with Gasteiger partial charge in [0.1, 0.15) is 6.67 Å². The van der Waals surface area contributed by atoms with E-state index in [9.17, 15) is 0 Å². The van der Waals surface area contributed by atoms with Crippen LogP contribution < -0.4 is 0 Å². The first-order valence-electron chi connectivity index (χ1n) is 3.43. The summed E-state index contributed by atoms with van der Waals surface area (Å²) in [6.07, 6.45) is 3.84. The number of nitrogens with zero attached hydrogens (tertiary/aromatic N) is 2. The standard InChI is InChI=1S/C9H10N2/c1-3-5-10-7-8-11(9-10)6-4-2/h7-8H,9H2,1-2H3. The smallest absolute Gasteiger partial charge is 0.114 e. The van der Waals surface area contributed by atoms with Crippen molar-refractivity contribution in [2.75, 3.05) is 6.67 Å². The SMILES string of the molecule is CC#CN1C=CN(C#CC)C1. The Labute approximate surface area is 67.5 Å². The topological polar surface area (TPSA) is 6.48 Å². The molecule has 0 aliphatic carbocycles. The molecule has 0 N–H and O–H groups in total. The molecule has 56 valence electrons. The Morgan fingerprint density at radius 3 is 1.82 bits per heavy atom. The zero-order valence-corrected chi connectivity index (χ0v) is 6.76. The third kappa shape index (κ3) is 1.95. The minimum absolute atomic E-state index is 0.752. The summed E-state index contributed by atoms with van der Waals surface area (Å²) in [6.45, 7) is 4.39. The van der Waals surface area contributed by atoms with Gasteiger partial charge in [-0.25, -0.2) is 0 Å². The van der Waals surface area contributed by atoms with Gasteiger partial charge < -0.3 is 0 Å². The van der Waals surface area contributed by atoms with Crippen LogP contribution in [0.1, 0.15) is 13.8 Å². The Bertz CT molecular complexity index is 241. The monoisotopic (exact) mass is 146 g/mol. The summed E-state index contributed by atoms with van der Waals surface area (Å²) in [5.74, 6) is 5.64. The molecule has 0 saturated heterocycles. The Balaban J connectivity index is 2.51. The van der Waals surface area contributed by atoms with Gasteiger partial charge in [-0.2, -0.15) is 0 Å². The maximum atomic E-state index is 2.92. The van der Waals surface area contributed by atoms with E-state index in [4.69, 9.17) is 0 Å². The fraction of sp³-hybridized carbons (Fsp3) is 0.333. The quantitative estimate of drug-likeness (QED) is 0.470. The highest BCUT2D eigenvalue weighted by atomic mass is 15.3. The van der Waals surface area contributed by atoms with Crippen molar-refractivity contribution < 1.29 is 0 Å². The van der Waals surface area contributed by atoms with Crippen molar-refractivity contribution >= 4 is 0 Å². The average molecular weight is 146 g/mol. The van der Waals surface area contributed by atoms with E-state index in [1.54, 1.807) is 0 Å². The van der Waals surface area contributed by atoms with Crippen LogP contribution in [0.3, 0.4) is 0 Å². The molecule has 0 aromatic carbocycles. The molecule has 0 bridgehead atoms. The second-order valence-corrected chi connectivity index (χ2v) is 2.10. The van der Waals surface area contributed by atoms with Crippen LogP contribution >= 0.6 is 0 Å². The first-order chi connectivity index (χ1) is 5.36. The highest BCUT2D eigenvalue weighted by molar-refractivity contribution is 5.10. The van der Waals surface area contributed by atoms with Crippen LogP contribution in [-0.4, -0.2) is 16.5 Å². The molecule has 1 rings (SSSR count). The van der Waals surface area contributed by atoms with Crippen molar-refractivity contribution in [1.29, 1.82) is 0 Å². The van der Waals surface area contributed by atoms with Crippen molar-refractivity contribution in [2.45, 2.75) is 13.8 Å². The van der Waals surface area contributed by atoms with Gasteiger partial charge in [-0.05, 0) is 13.8 Å². The molecule has 2 heteroatoms. The molecule has 2 nitrogen and oxygen atoms in total. The minimum atomic E-state index is 0.752. The fourth-order valence-electron chi connectivity index (χ4n) is 0.852. The van der Waals surface area contributed by atoms with Crippen molar-refractivity contribution in [3.63, 3.8) is 0 Å². The van der Waals surface area contributed by atoms with Gasteiger partial charge in [-0.3, -0.25) is 9.80 Å². The number of hydrogen-bond acceptors (Lipinski definition) is 2. The second-order valence-electron chi connectivity index (χ2n) is 2.10. The Morgan fingerprint density at radius 1 is 1.00 bits per heavy atom. The molecule has 0 radical (unpaired) electrons. The van der Waals surface area contributed by atoms with Gasteiger partial charge in [0, 0.05) is 24.5 Å².